The van der Waals surface area contributed by atoms with Gasteiger partial charge in [-0.1, -0.05) is 41.9 Å². The number of nitrogens with one attached hydrogen (secondary N) is 1. The number of hydrogen-bond donors (Lipinski definition) is 2. The highest BCUT2D eigenvalue weighted by Gasteiger charge is 2.71. The van der Waals surface area contributed by atoms with Gasteiger partial charge in [0.15, 0.2) is 0 Å². The summed E-state index contributed by atoms with van der Waals surface area (Å²) in [6.45, 7) is 6.36. The third-order valence-electron chi connectivity index (χ3n) is 6.39. The Morgan fingerprint density at radius 1 is 1.23 bits per heavy atom. The molecule has 0 heterocycles. The van der Waals surface area contributed by atoms with Crippen LogP contribution in [0.25, 0.3) is 0 Å². The van der Waals surface area contributed by atoms with Crippen molar-refractivity contribution in [2.24, 2.45) is 21.4 Å². The van der Waals surface area contributed by atoms with Crippen molar-refractivity contribution < 1.29 is 10.0 Å². The average Bonchev–Trinajstić information content (AvgIpc) is 2.79. The second kappa shape index (κ2) is 4.82. The molecule has 2 bridgehead atoms. The smallest absolute Gasteiger partial charge is 0.231 e. The van der Waals surface area contributed by atoms with Gasteiger partial charge in [0.25, 0.3) is 0 Å². The lowest BCUT2D eigenvalue weighted by atomic mass is 9.64. The topological polar surface area (TPSA) is 61.7 Å². The summed E-state index contributed by atoms with van der Waals surface area (Å²) >= 11 is 3.39. The maximum absolute atomic E-state index is 13.0. The van der Waals surface area contributed by atoms with E-state index < -0.39 is 5.41 Å². The number of anilines is 1. The zero-order chi connectivity index (χ0) is 16.2. The molecule has 1 amide bonds. The van der Waals surface area contributed by atoms with Gasteiger partial charge in [0.05, 0.1) is 11.1 Å². The van der Waals surface area contributed by atoms with E-state index in [1.807, 2.05) is 24.3 Å². The van der Waals surface area contributed by atoms with Crippen LogP contribution in [-0.2, 0) is 4.79 Å². The lowest BCUT2D eigenvalue weighted by Crippen LogP contribution is -2.43. The quantitative estimate of drug-likeness (QED) is 0.602. The normalized spacial score (nSPS) is 34.1. The van der Waals surface area contributed by atoms with E-state index in [2.05, 4.69) is 47.2 Å². The van der Waals surface area contributed by atoms with Crippen LogP contribution in [0.15, 0.2) is 33.9 Å². The molecule has 2 fully saturated rings. The average molecular weight is 365 g/mol. The van der Waals surface area contributed by atoms with Crippen LogP contribution in [-0.4, -0.2) is 16.8 Å². The molecule has 2 aliphatic carbocycles. The molecule has 0 aliphatic heterocycles. The number of carbonyl (C=O) groups excluding carboxylic acids is 1. The Bertz CT molecular complexity index is 653. The third kappa shape index (κ3) is 1.81. The van der Waals surface area contributed by atoms with E-state index in [-0.39, 0.29) is 16.7 Å². The summed E-state index contributed by atoms with van der Waals surface area (Å²) in [7, 11) is 0. The van der Waals surface area contributed by atoms with Crippen LogP contribution in [0.2, 0.25) is 0 Å². The van der Waals surface area contributed by atoms with Crippen LogP contribution in [0.1, 0.15) is 40.0 Å². The summed E-state index contributed by atoms with van der Waals surface area (Å²) in [4.78, 5) is 13.0. The van der Waals surface area contributed by atoms with E-state index in [1.54, 1.807) is 0 Å². The highest BCUT2D eigenvalue weighted by molar-refractivity contribution is 9.10. The van der Waals surface area contributed by atoms with Gasteiger partial charge >= 0.3 is 0 Å². The number of rotatable bonds is 2. The first-order valence-electron chi connectivity index (χ1n) is 7.55. The van der Waals surface area contributed by atoms with Crippen molar-refractivity contribution in [2.75, 3.05) is 5.32 Å². The molecule has 2 N–H and O–H groups in total. The van der Waals surface area contributed by atoms with Crippen LogP contribution in [0.3, 0.4) is 0 Å². The molecule has 118 valence electrons. The Balaban J connectivity index is 1.93. The van der Waals surface area contributed by atoms with Gasteiger partial charge in [0.2, 0.25) is 5.91 Å². The lowest BCUT2D eigenvalue weighted by Gasteiger charge is -2.39. The van der Waals surface area contributed by atoms with Crippen LogP contribution >= 0.6 is 15.9 Å². The fraction of sp³-hybridized carbons (Fsp3) is 0.529. The van der Waals surface area contributed by atoms with E-state index >= 15 is 0 Å². The van der Waals surface area contributed by atoms with Crippen molar-refractivity contribution in [3.63, 3.8) is 0 Å². The molecular weight excluding hydrogens is 344 g/mol. The minimum Gasteiger partial charge on any atom is -0.411 e. The molecule has 22 heavy (non-hydrogen) atoms. The van der Waals surface area contributed by atoms with E-state index in [9.17, 15) is 10.0 Å². The first kappa shape index (κ1) is 15.5. The van der Waals surface area contributed by atoms with Crippen LogP contribution in [0, 0.1) is 16.2 Å². The Morgan fingerprint density at radius 2 is 1.86 bits per heavy atom. The molecule has 2 unspecified atom stereocenters. The summed E-state index contributed by atoms with van der Waals surface area (Å²) in [5, 5.41) is 15.9. The monoisotopic (exact) mass is 364 g/mol. The van der Waals surface area contributed by atoms with Gasteiger partial charge in [-0.25, -0.2) is 0 Å². The number of oxime groups is 1. The van der Waals surface area contributed by atoms with Crippen molar-refractivity contribution in [2.45, 2.75) is 40.0 Å². The molecule has 3 rings (SSSR count). The maximum atomic E-state index is 13.0. The highest BCUT2D eigenvalue weighted by atomic mass is 79.9. The van der Waals surface area contributed by atoms with E-state index in [0.717, 1.165) is 28.7 Å². The Labute approximate surface area is 139 Å². The molecule has 0 spiro atoms. The number of hydrogen-bond acceptors (Lipinski definition) is 3. The molecule has 1 aromatic rings. The Morgan fingerprint density at radius 3 is 2.41 bits per heavy atom. The van der Waals surface area contributed by atoms with E-state index in [0.29, 0.717) is 6.42 Å². The van der Waals surface area contributed by atoms with Gasteiger partial charge in [-0.3, -0.25) is 4.79 Å². The van der Waals surface area contributed by atoms with Gasteiger partial charge in [0.1, 0.15) is 0 Å². The Hall–Kier alpha value is -1.36. The van der Waals surface area contributed by atoms with Crippen LogP contribution in [0.5, 0.6) is 0 Å². The predicted octanol–water partition coefficient (Wildman–Crippen LogP) is 4.43. The fourth-order valence-corrected chi connectivity index (χ4v) is 4.58. The fourth-order valence-electron chi connectivity index (χ4n) is 4.32. The second-order valence-corrected chi connectivity index (χ2v) is 8.14. The molecule has 4 nitrogen and oxygen atoms in total. The Kier molecular flexibility index (Phi) is 3.40. The van der Waals surface area contributed by atoms with E-state index in [4.69, 9.17) is 0 Å². The van der Waals surface area contributed by atoms with Gasteiger partial charge in [-0.2, -0.15) is 0 Å². The standard InChI is InChI=1S/C17H21BrN2O2/c1-15(2)16(3)8-9-17(15,10-13(16)20-22)14(21)19-12-6-4-11(18)5-7-12/h4-7,22H,8-10H2,1-3H3,(H,19,21)/b20-13+. The summed E-state index contributed by atoms with van der Waals surface area (Å²) in [6, 6.07) is 7.59. The molecular formula is C17H21BrN2O2. The number of halogens is 1. The summed E-state index contributed by atoms with van der Waals surface area (Å²) < 4.78 is 0.980. The summed E-state index contributed by atoms with van der Waals surface area (Å²) in [5.74, 6) is 0.0298. The maximum Gasteiger partial charge on any atom is 0.231 e. The van der Waals surface area contributed by atoms with Crippen molar-refractivity contribution in [1.82, 2.24) is 0 Å². The van der Waals surface area contributed by atoms with E-state index in [1.165, 1.54) is 0 Å². The van der Waals surface area contributed by atoms with Crippen molar-refractivity contribution in [3.8, 4) is 0 Å². The van der Waals surface area contributed by atoms with Gasteiger partial charge < -0.3 is 10.5 Å². The number of carbonyl (C=O) groups is 1. The van der Waals surface area contributed by atoms with Crippen molar-refractivity contribution in [1.29, 1.82) is 0 Å². The summed E-state index contributed by atoms with van der Waals surface area (Å²) in [5.41, 5.74) is 0.604. The molecule has 2 atom stereocenters. The highest BCUT2D eigenvalue weighted by Crippen LogP contribution is 2.71. The number of fused-ring (bicyclic) bond motifs is 2. The molecule has 1 aromatic carbocycles. The van der Waals surface area contributed by atoms with Gasteiger partial charge in [-0.15, -0.1) is 0 Å². The van der Waals surface area contributed by atoms with Crippen molar-refractivity contribution in [3.05, 3.63) is 28.7 Å². The number of benzene rings is 1. The zero-order valence-corrected chi connectivity index (χ0v) is 14.7. The van der Waals surface area contributed by atoms with Crippen LogP contribution in [0.4, 0.5) is 5.69 Å². The van der Waals surface area contributed by atoms with Crippen LogP contribution < -0.4 is 5.32 Å². The summed E-state index contributed by atoms with van der Waals surface area (Å²) in [6.07, 6.45) is 2.25. The molecule has 0 saturated heterocycles. The molecule has 2 aliphatic rings. The molecule has 0 radical (unpaired) electrons. The minimum absolute atomic E-state index is 0.0298. The molecule has 0 aromatic heterocycles. The number of amides is 1. The zero-order valence-electron chi connectivity index (χ0n) is 13.1. The SMILES string of the molecule is CC12CCC(C(=O)Nc3ccc(Br)cc3)(C/C1=N\O)C2(C)C. The number of nitrogens with zero attached hydrogens (tertiary/aromatic N) is 1. The lowest BCUT2D eigenvalue weighted by molar-refractivity contribution is -0.130. The molecule has 2 saturated carbocycles. The van der Waals surface area contributed by atoms with Gasteiger partial charge in [-0.05, 0) is 42.5 Å². The third-order valence-corrected chi connectivity index (χ3v) is 6.92. The van der Waals surface area contributed by atoms with Crippen molar-refractivity contribution >= 4 is 33.2 Å². The predicted molar refractivity (Wildman–Crippen MR) is 90.2 cm³/mol. The first-order chi connectivity index (χ1) is 10.3. The largest absolute Gasteiger partial charge is 0.411 e. The first-order valence-corrected chi connectivity index (χ1v) is 8.35. The minimum atomic E-state index is -0.504. The second-order valence-electron chi connectivity index (χ2n) is 7.22. The molecule has 5 heteroatoms. The van der Waals surface area contributed by atoms with Gasteiger partial charge in [0, 0.05) is 22.0 Å².